The summed E-state index contributed by atoms with van der Waals surface area (Å²) < 4.78 is 0. The van der Waals surface area contributed by atoms with E-state index in [1.54, 1.807) is 31.6 Å². The number of amides is 1. The van der Waals surface area contributed by atoms with Gasteiger partial charge in [0.25, 0.3) is 5.91 Å². The molecule has 2 heterocycles. The van der Waals surface area contributed by atoms with Crippen LogP contribution in [0.3, 0.4) is 0 Å². The van der Waals surface area contributed by atoms with Gasteiger partial charge in [-0.3, -0.25) is 9.78 Å². The number of nitrogen functional groups attached to an aromatic ring is 1. The summed E-state index contributed by atoms with van der Waals surface area (Å²) in [5.74, 6) is 6.23. The number of hydrogen-bond donors (Lipinski definition) is 2. The first-order chi connectivity index (χ1) is 12.6. The lowest BCUT2D eigenvalue weighted by Crippen LogP contribution is -2.17. The number of nitrogens with zero attached hydrogens (tertiary/aromatic N) is 3. The first-order valence-corrected chi connectivity index (χ1v) is 7.97. The molecule has 1 aromatic carbocycles. The van der Waals surface area contributed by atoms with Crippen LogP contribution in [0, 0.1) is 18.8 Å². The minimum Gasteiger partial charge on any atom is -0.368 e. The van der Waals surface area contributed by atoms with Gasteiger partial charge in [0, 0.05) is 36.1 Å². The Labute approximate surface area is 151 Å². The van der Waals surface area contributed by atoms with E-state index in [0.717, 1.165) is 11.1 Å². The minimum absolute atomic E-state index is 0.147. The maximum Gasteiger partial charge on any atom is 0.251 e. The molecule has 2 aromatic heterocycles. The summed E-state index contributed by atoms with van der Waals surface area (Å²) in [6.07, 6.45) is 3.39. The summed E-state index contributed by atoms with van der Waals surface area (Å²) in [6, 6.07) is 10.8. The van der Waals surface area contributed by atoms with Gasteiger partial charge in [0.1, 0.15) is 0 Å². The molecule has 3 N–H and O–H groups in total. The average molecular weight is 343 g/mol. The van der Waals surface area contributed by atoms with Crippen molar-refractivity contribution in [2.45, 2.75) is 6.92 Å². The number of rotatable bonds is 2. The van der Waals surface area contributed by atoms with Gasteiger partial charge in [0.15, 0.2) is 0 Å². The van der Waals surface area contributed by atoms with E-state index >= 15 is 0 Å². The van der Waals surface area contributed by atoms with E-state index in [4.69, 9.17) is 5.73 Å². The Morgan fingerprint density at radius 2 is 1.88 bits per heavy atom. The lowest BCUT2D eigenvalue weighted by Gasteiger charge is -2.08. The molecule has 0 fully saturated rings. The number of pyridine rings is 1. The van der Waals surface area contributed by atoms with Crippen molar-refractivity contribution in [3.8, 4) is 23.1 Å². The van der Waals surface area contributed by atoms with Crippen molar-refractivity contribution < 1.29 is 4.79 Å². The second-order valence-electron chi connectivity index (χ2n) is 5.54. The molecule has 0 spiro atoms. The highest BCUT2D eigenvalue weighted by Crippen LogP contribution is 2.24. The van der Waals surface area contributed by atoms with Gasteiger partial charge in [-0.1, -0.05) is 24.0 Å². The molecule has 0 aliphatic heterocycles. The van der Waals surface area contributed by atoms with Crippen molar-refractivity contribution in [1.82, 2.24) is 20.3 Å². The van der Waals surface area contributed by atoms with Crippen molar-refractivity contribution in [2.75, 3.05) is 12.8 Å². The van der Waals surface area contributed by atoms with Crippen LogP contribution in [0.4, 0.5) is 5.95 Å². The quantitative estimate of drug-likeness (QED) is 0.696. The fraction of sp³-hybridized carbons (Fsp3) is 0.100. The highest BCUT2D eigenvalue weighted by Gasteiger charge is 2.12. The van der Waals surface area contributed by atoms with Crippen molar-refractivity contribution in [2.24, 2.45) is 0 Å². The van der Waals surface area contributed by atoms with Crippen LogP contribution in [0.15, 0.2) is 48.8 Å². The first kappa shape index (κ1) is 17.1. The topological polar surface area (TPSA) is 93.8 Å². The molecule has 0 aliphatic rings. The molecule has 1 amide bonds. The molecule has 6 nitrogen and oxygen atoms in total. The average Bonchev–Trinajstić information content (AvgIpc) is 2.67. The van der Waals surface area contributed by atoms with E-state index in [1.807, 2.05) is 31.2 Å². The second-order valence-corrected chi connectivity index (χ2v) is 5.54. The Kier molecular flexibility index (Phi) is 4.90. The number of nitrogens with two attached hydrogens (primary N) is 1. The normalized spacial score (nSPS) is 9.92. The van der Waals surface area contributed by atoms with Gasteiger partial charge >= 0.3 is 0 Å². The molecule has 0 saturated carbocycles. The predicted molar refractivity (Wildman–Crippen MR) is 100 cm³/mol. The van der Waals surface area contributed by atoms with E-state index in [2.05, 4.69) is 32.1 Å². The van der Waals surface area contributed by atoms with Gasteiger partial charge in [-0.2, -0.15) is 0 Å². The van der Waals surface area contributed by atoms with Crippen molar-refractivity contribution in [1.29, 1.82) is 0 Å². The van der Waals surface area contributed by atoms with Gasteiger partial charge in [0.05, 0.1) is 17.0 Å². The van der Waals surface area contributed by atoms with Crippen LogP contribution in [0.5, 0.6) is 0 Å². The molecule has 6 heteroatoms. The number of aromatic nitrogens is 3. The molecule has 0 radical (unpaired) electrons. The fourth-order valence-corrected chi connectivity index (χ4v) is 2.45. The van der Waals surface area contributed by atoms with Crippen LogP contribution in [0.2, 0.25) is 0 Å². The lowest BCUT2D eigenvalue weighted by molar-refractivity contribution is 0.0963. The minimum atomic E-state index is -0.147. The van der Waals surface area contributed by atoms with Gasteiger partial charge < -0.3 is 11.1 Å². The van der Waals surface area contributed by atoms with Crippen LogP contribution in [-0.4, -0.2) is 27.9 Å². The van der Waals surface area contributed by atoms with Crippen LogP contribution in [-0.2, 0) is 0 Å². The Bertz CT molecular complexity index is 1000. The fourth-order valence-electron chi connectivity index (χ4n) is 2.45. The largest absolute Gasteiger partial charge is 0.368 e. The molecular weight excluding hydrogens is 326 g/mol. The monoisotopic (exact) mass is 343 g/mol. The van der Waals surface area contributed by atoms with Gasteiger partial charge in [-0.15, -0.1) is 0 Å². The van der Waals surface area contributed by atoms with Crippen LogP contribution < -0.4 is 11.1 Å². The van der Waals surface area contributed by atoms with Crippen molar-refractivity contribution >= 4 is 11.9 Å². The molecule has 3 rings (SSSR count). The summed E-state index contributed by atoms with van der Waals surface area (Å²) in [5.41, 5.74) is 10.0. The van der Waals surface area contributed by atoms with Gasteiger partial charge in [-0.25, -0.2) is 9.97 Å². The number of hydrogen-bond acceptors (Lipinski definition) is 5. The highest BCUT2D eigenvalue weighted by atomic mass is 16.1. The summed E-state index contributed by atoms with van der Waals surface area (Å²) in [7, 11) is 1.59. The summed E-state index contributed by atoms with van der Waals surface area (Å²) >= 11 is 0. The second kappa shape index (κ2) is 7.45. The molecule has 3 aromatic rings. The molecule has 0 saturated heterocycles. The molecule has 0 bridgehead atoms. The number of carbonyl (C=O) groups is 1. The third kappa shape index (κ3) is 3.68. The van der Waals surface area contributed by atoms with Crippen LogP contribution in [0.1, 0.15) is 27.2 Å². The number of carbonyl (C=O) groups excluding carboxylic acids is 1. The van der Waals surface area contributed by atoms with Crippen LogP contribution in [0.25, 0.3) is 11.3 Å². The Morgan fingerprint density at radius 3 is 2.54 bits per heavy atom. The molecule has 0 atom stereocenters. The number of aryl methyl sites for hydroxylation is 1. The lowest BCUT2D eigenvalue weighted by atomic mass is 10.0. The molecule has 128 valence electrons. The third-order valence-electron chi connectivity index (χ3n) is 3.75. The Hall–Kier alpha value is -3.72. The molecular formula is C20H17N5O. The molecule has 26 heavy (non-hydrogen) atoms. The number of anilines is 1. The van der Waals surface area contributed by atoms with Crippen molar-refractivity contribution in [3.05, 3.63) is 71.2 Å². The Morgan fingerprint density at radius 1 is 1.12 bits per heavy atom. The maximum atomic E-state index is 11.7. The maximum absolute atomic E-state index is 11.7. The molecule has 0 aliphatic carbocycles. The van der Waals surface area contributed by atoms with E-state index < -0.39 is 0 Å². The van der Waals surface area contributed by atoms with Crippen LogP contribution >= 0.6 is 0 Å². The number of nitrogens with one attached hydrogen (secondary N) is 1. The van der Waals surface area contributed by atoms with E-state index in [1.165, 1.54) is 0 Å². The van der Waals surface area contributed by atoms with E-state index in [9.17, 15) is 4.79 Å². The molecule has 0 unspecified atom stereocenters. The van der Waals surface area contributed by atoms with E-state index in [0.29, 0.717) is 22.5 Å². The zero-order valence-corrected chi connectivity index (χ0v) is 14.4. The Balaban J connectivity index is 2.07. The van der Waals surface area contributed by atoms with Gasteiger partial charge in [0.2, 0.25) is 5.95 Å². The van der Waals surface area contributed by atoms with E-state index in [-0.39, 0.29) is 11.9 Å². The predicted octanol–water partition coefficient (Wildman–Crippen LogP) is 2.19. The van der Waals surface area contributed by atoms with Gasteiger partial charge in [-0.05, 0) is 31.2 Å². The summed E-state index contributed by atoms with van der Waals surface area (Å²) in [5, 5.41) is 2.60. The van der Waals surface area contributed by atoms with Crippen molar-refractivity contribution in [3.63, 3.8) is 0 Å². The zero-order valence-electron chi connectivity index (χ0n) is 14.4. The smallest absolute Gasteiger partial charge is 0.251 e. The summed E-state index contributed by atoms with van der Waals surface area (Å²) in [6.45, 7) is 1.84. The standard InChI is InChI=1S/C20H17N5O/c1-13-17(10-5-14-4-3-11-23-12-14)18(25-20(21)24-13)15-6-8-16(9-7-15)19(26)22-2/h3-4,6-9,11-12H,1-2H3,(H,22,26)(H2,21,24,25). The first-order valence-electron chi connectivity index (χ1n) is 7.97. The number of benzene rings is 1. The zero-order chi connectivity index (χ0) is 18.5. The third-order valence-corrected chi connectivity index (χ3v) is 3.75. The summed E-state index contributed by atoms with van der Waals surface area (Å²) in [4.78, 5) is 24.3. The SMILES string of the molecule is CNC(=O)c1ccc(-c2nc(N)nc(C)c2C#Cc2cccnc2)cc1. The highest BCUT2D eigenvalue weighted by molar-refractivity contribution is 5.94.